The molecule has 1 saturated carbocycles. The van der Waals surface area contributed by atoms with E-state index in [-0.39, 0.29) is 12.8 Å². The van der Waals surface area contributed by atoms with Gasteiger partial charge in [0, 0.05) is 18.1 Å². The van der Waals surface area contributed by atoms with Crippen molar-refractivity contribution in [1.29, 1.82) is 0 Å². The second-order valence-electron chi connectivity index (χ2n) is 7.34. The minimum atomic E-state index is -3.11. The van der Waals surface area contributed by atoms with Crippen LogP contribution in [0.25, 0.3) is 0 Å². The first kappa shape index (κ1) is 18.0. The minimum absolute atomic E-state index is 0.0672. The van der Waals surface area contributed by atoms with Crippen molar-refractivity contribution in [2.45, 2.75) is 24.3 Å². The Bertz CT molecular complexity index is 980. The zero-order chi connectivity index (χ0) is 20.2. The van der Waals surface area contributed by atoms with Crippen molar-refractivity contribution in [1.82, 2.24) is 5.32 Å². The minimum Gasteiger partial charge on any atom is -0.497 e. The second kappa shape index (κ2) is 6.50. The van der Waals surface area contributed by atoms with E-state index in [1.54, 1.807) is 37.4 Å². The fraction of sp³-hybridized carbons (Fsp3) is 0.381. The summed E-state index contributed by atoms with van der Waals surface area (Å²) >= 11 is 0. The lowest BCUT2D eigenvalue weighted by Crippen LogP contribution is -2.34. The van der Waals surface area contributed by atoms with Gasteiger partial charge in [-0.05, 0) is 29.8 Å². The van der Waals surface area contributed by atoms with Gasteiger partial charge in [-0.3, -0.25) is 4.79 Å². The first-order chi connectivity index (χ1) is 14.0. The first-order valence-electron chi connectivity index (χ1n) is 9.37. The lowest BCUT2D eigenvalue weighted by atomic mass is 9.99. The van der Waals surface area contributed by atoms with Crippen LogP contribution < -0.4 is 24.3 Å². The molecule has 2 aromatic rings. The topological polar surface area (TPSA) is 66.0 Å². The number of methoxy groups -OCH3 is 1. The number of rotatable bonds is 4. The third kappa shape index (κ3) is 2.94. The molecule has 3 aliphatic rings. The maximum absolute atomic E-state index is 14.5. The van der Waals surface area contributed by atoms with E-state index in [4.69, 9.17) is 18.9 Å². The van der Waals surface area contributed by atoms with Gasteiger partial charge < -0.3 is 24.3 Å². The number of carbonyl (C=O) groups is 1. The van der Waals surface area contributed by atoms with Crippen LogP contribution in [0, 0.1) is 5.92 Å². The molecular formula is C21H19F2NO5. The van der Waals surface area contributed by atoms with E-state index < -0.39 is 23.7 Å². The molecule has 2 aromatic carbocycles. The molecule has 1 fully saturated rings. The monoisotopic (exact) mass is 403 g/mol. The van der Waals surface area contributed by atoms with Crippen molar-refractivity contribution in [3.63, 3.8) is 0 Å². The van der Waals surface area contributed by atoms with Crippen LogP contribution in [0.1, 0.15) is 29.5 Å². The van der Waals surface area contributed by atoms with E-state index >= 15 is 0 Å². The van der Waals surface area contributed by atoms with Crippen molar-refractivity contribution in [2.75, 3.05) is 20.5 Å². The second-order valence-corrected chi connectivity index (χ2v) is 7.34. The predicted octanol–water partition coefficient (Wildman–Crippen LogP) is 3.41. The largest absolute Gasteiger partial charge is 0.497 e. The van der Waals surface area contributed by atoms with Crippen molar-refractivity contribution >= 4 is 5.91 Å². The van der Waals surface area contributed by atoms with E-state index in [2.05, 4.69) is 5.32 Å². The van der Waals surface area contributed by atoms with E-state index in [9.17, 15) is 13.6 Å². The number of carbonyl (C=O) groups excluding carboxylic acids is 1. The lowest BCUT2D eigenvalue weighted by Gasteiger charge is -2.27. The number of fused-ring (bicyclic) bond motifs is 2. The fourth-order valence-electron chi connectivity index (χ4n) is 4.08. The molecule has 0 spiro atoms. The molecule has 1 N–H and O–H groups in total. The van der Waals surface area contributed by atoms with Gasteiger partial charge in [0.2, 0.25) is 12.7 Å². The van der Waals surface area contributed by atoms with Crippen molar-refractivity contribution in [3.8, 4) is 23.0 Å². The van der Waals surface area contributed by atoms with Crippen LogP contribution in [0.3, 0.4) is 0 Å². The van der Waals surface area contributed by atoms with E-state index in [1.165, 1.54) is 6.07 Å². The summed E-state index contributed by atoms with van der Waals surface area (Å²) in [6, 6.07) is 9.59. The van der Waals surface area contributed by atoms with Crippen LogP contribution in [0.5, 0.6) is 23.0 Å². The standard InChI is InChI=1S/C21H19F2NO5/c1-26-12-3-4-13-14(6-7-27-16(13)9-12)24-20(25)19-18(21(19,22)23)11-2-5-15-17(8-11)29-10-28-15/h2-5,8-9,14,18-19H,6-7,10H2,1H3,(H,24,25). The van der Waals surface area contributed by atoms with Gasteiger partial charge >= 0.3 is 0 Å². The average Bonchev–Trinajstić information content (AvgIpc) is 3.06. The number of nitrogens with one attached hydrogen (secondary N) is 1. The Labute approximate surface area is 165 Å². The Balaban J connectivity index is 1.34. The Hall–Kier alpha value is -3.03. The number of ether oxygens (including phenoxy) is 4. The van der Waals surface area contributed by atoms with Crippen LogP contribution in [-0.2, 0) is 4.79 Å². The molecule has 152 valence electrons. The van der Waals surface area contributed by atoms with Crippen molar-refractivity contribution in [2.24, 2.45) is 5.92 Å². The fourth-order valence-corrected chi connectivity index (χ4v) is 4.08. The van der Waals surface area contributed by atoms with E-state index in [0.717, 1.165) is 5.56 Å². The third-order valence-electron chi connectivity index (χ3n) is 5.67. The van der Waals surface area contributed by atoms with Crippen molar-refractivity contribution in [3.05, 3.63) is 47.5 Å². The molecule has 0 saturated heterocycles. The summed E-state index contributed by atoms with van der Waals surface area (Å²) < 4.78 is 50.3. The van der Waals surface area contributed by atoms with Crippen molar-refractivity contribution < 1.29 is 32.5 Å². The van der Waals surface area contributed by atoms with Gasteiger partial charge in [0.25, 0.3) is 5.92 Å². The van der Waals surface area contributed by atoms with Gasteiger partial charge in [-0.1, -0.05) is 6.07 Å². The zero-order valence-electron chi connectivity index (χ0n) is 15.6. The maximum atomic E-state index is 14.5. The summed E-state index contributed by atoms with van der Waals surface area (Å²) in [4.78, 5) is 12.7. The highest BCUT2D eigenvalue weighted by molar-refractivity contribution is 5.86. The summed E-state index contributed by atoms with van der Waals surface area (Å²) in [5, 5.41) is 2.79. The molecule has 8 heteroatoms. The van der Waals surface area contributed by atoms with Gasteiger partial charge in [-0.15, -0.1) is 0 Å². The zero-order valence-corrected chi connectivity index (χ0v) is 15.6. The van der Waals surface area contributed by atoms with E-state index in [1.807, 2.05) is 0 Å². The third-order valence-corrected chi connectivity index (χ3v) is 5.67. The predicted molar refractivity (Wildman–Crippen MR) is 97.7 cm³/mol. The Morgan fingerprint density at radius 1 is 1.10 bits per heavy atom. The van der Waals surface area contributed by atoms with E-state index in [0.29, 0.717) is 41.6 Å². The number of alkyl halides is 2. The molecule has 1 aliphatic carbocycles. The highest BCUT2D eigenvalue weighted by atomic mass is 19.3. The average molecular weight is 403 g/mol. The van der Waals surface area contributed by atoms with Crippen LogP contribution in [0.2, 0.25) is 0 Å². The summed E-state index contributed by atoms with van der Waals surface area (Å²) in [5.74, 6) is -4.18. The highest BCUT2D eigenvalue weighted by Crippen LogP contribution is 2.62. The number of halogens is 2. The van der Waals surface area contributed by atoms with Gasteiger partial charge in [-0.25, -0.2) is 8.78 Å². The lowest BCUT2D eigenvalue weighted by molar-refractivity contribution is -0.125. The SMILES string of the molecule is COc1ccc2c(c1)OCCC2NC(=O)C1C(c2ccc3c(c2)OCO3)C1(F)F. The molecule has 1 amide bonds. The summed E-state index contributed by atoms with van der Waals surface area (Å²) in [6.07, 6.45) is 0.512. The van der Waals surface area contributed by atoms with Gasteiger partial charge in [-0.2, -0.15) is 0 Å². The van der Waals surface area contributed by atoms with Gasteiger partial charge in [0.05, 0.1) is 25.7 Å². The molecule has 29 heavy (non-hydrogen) atoms. The van der Waals surface area contributed by atoms with Crippen LogP contribution >= 0.6 is 0 Å². The van der Waals surface area contributed by atoms with Gasteiger partial charge in [0.15, 0.2) is 11.5 Å². The Kier molecular flexibility index (Phi) is 4.04. The summed E-state index contributed by atoms with van der Waals surface area (Å²) in [5.41, 5.74) is 1.13. The van der Waals surface area contributed by atoms with Crippen LogP contribution in [0.15, 0.2) is 36.4 Å². The Morgan fingerprint density at radius 3 is 2.76 bits per heavy atom. The summed E-state index contributed by atoms with van der Waals surface area (Å²) in [6.45, 7) is 0.454. The molecule has 5 rings (SSSR count). The smallest absolute Gasteiger partial charge is 0.268 e. The van der Waals surface area contributed by atoms with Gasteiger partial charge in [0.1, 0.15) is 17.4 Å². The van der Waals surface area contributed by atoms with Crippen LogP contribution in [-0.4, -0.2) is 32.3 Å². The number of hydrogen-bond acceptors (Lipinski definition) is 5. The molecule has 2 aliphatic heterocycles. The van der Waals surface area contributed by atoms with Crippen LogP contribution in [0.4, 0.5) is 8.78 Å². The molecule has 6 nitrogen and oxygen atoms in total. The maximum Gasteiger partial charge on any atom is 0.268 e. The molecule has 0 radical (unpaired) electrons. The molecule has 0 aromatic heterocycles. The number of benzene rings is 2. The molecule has 0 bridgehead atoms. The molecule has 3 unspecified atom stereocenters. The molecule has 3 atom stereocenters. The molecular weight excluding hydrogens is 384 g/mol. The number of amides is 1. The molecule has 2 heterocycles. The normalized spacial score (nSPS) is 25.6. The quantitative estimate of drug-likeness (QED) is 0.848. The summed E-state index contributed by atoms with van der Waals surface area (Å²) in [7, 11) is 1.55. The Morgan fingerprint density at radius 2 is 1.93 bits per heavy atom. The highest BCUT2D eigenvalue weighted by Gasteiger charge is 2.72. The number of hydrogen-bond donors (Lipinski definition) is 1. The first-order valence-corrected chi connectivity index (χ1v) is 9.37.